The Morgan fingerprint density at radius 2 is 1.89 bits per heavy atom. The molecule has 0 spiro atoms. The van der Waals surface area contributed by atoms with Gasteiger partial charge in [0.1, 0.15) is 0 Å². The van der Waals surface area contributed by atoms with Crippen molar-refractivity contribution in [3.8, 4) is 0 Å². The summed E-state index contributed by atoms with van der Waals surface area (Å²) < 4.78 is 0. The molecule has 1 aromatic carbocycles. The number of carbonyl (C=O) groups is 1. The second-order valence-electron chi connectivity index (χ2n) is 5.19. The summed E-state index contributed by atoms with van der Waals surface area (Å²) >= 11 is 5.89. The van der Waals surface area contributed by atoms with Crippen LogP contribution in [0.3, 0.4) is 0 Å². The van der Waals surface area contributed by atoms with Crippen LogP contribution in [0, 0.1) is 0 Å². The van der Waals surface area contributed by atoms with E-state index in [9.17, 15) is 4.79 Å². The molecule has 0 unspecified atom stereocenters. The molecule has 0 bridgehead atoms. The predicted molar refractivity (Wildman–Crippen MR) is 75.1 cm³/mol. The molecule has 0 radical (unpaired) electrons. The molecule has 1 N–H and O–H groups in total. The lowest BCUT2D eigenvalue weighted by Gasteiger charge is -2.35. The number of amides is 1. The van der Waals surface area contributed by atoms with Gasteiger partial charge in [0.25, 0.3) is 0 Å². The van der Waals surface area contributed by atoms with Gasteiger partial charge in [0.05, 0.1) is 5.54 Å². The van der Waals surface area contributed by atoms with Gasteiger partial charge in [0, 0.05) is 17.3 Å². The first-order valence-corrected chi connectivity index (χ1v) is 6.71. The van der Waals surface area contributed by atoms with Crippen LogP contribution in [0.2, 0.25) is 5.02 Å². The Kier molecular flexibility index (Phi) is 3.93. The maximum absolute atomic E-state index is 12.5. The van der Waals surface area contributed by atoms with Gasteiger partial charge in [-0.05, 0) is 57.5 Å². The first-order valence-electron chi connectivity index (χ1n) is 6.33. The minimum absolute atomic E-state index is 0.115. The lowest BCUT2D eigenvalue weighted by molar-refractivity contribution is -0.124. The van der Waals surface area contributed by atoms with Crippen molar-refractivity contribution in [2.75, 3.05) is 18.0 Å². The fourth-order valence-corrected chi connectivity index (χ4v) is 2.30. The fraction of sp³-hybridized carbons (Fsp3) is 0.500. The highest BCUT2D eigenvalue weighted by Crippen LogP contribution is 2.22. The third-order valence-corrected chi connectivity index (χ3v) is 3.55. The summed E-state index contributed by atoms with van der Waals surface area (Å²) in [7, 11) is 0. The summed E-state index contributed by atoms with van der Waals surface area (Å²) in [5.74, 6) is 0.115. The van der Waals surface area contributed by atoms with Gasteiger partial charge in [-0.3, -0.25) is 4.79 Å². The zero-order valence-corrected chi connectivity index (χ0v) is 11.6. The van der Waals surface area contributed by atoms with Crippen molar-refractivity contribution in [3.05, 3.63) is 29.3 Å². The molecule has 1 aliphatic heterocycles. The van der Waals surface area contributed by atoms with E-state index in [0.29, 0.717) is 5.02 Å². The van der Waals surface area contributed by atoms with Crippen LogP contribution in [-0.4, -0.2) is 24.5 Å². The standard InChI is InChI=1S/C14H19ClN2O/c1-14(2)13(18)17(10-4-3-9-16-14)12-7-5-11(15)6-8-12/h5-8,16H,3-4,9-10H2,1-2H3. The molecule has 1 fully saturated rings. The number of hydrogen-bond donors (Lipinski definition) is 1. The number of nitrogens with zero attached hydrogens (tertiary/aromatic N) is 1. The molecule has 1 heterocycles. The number of halogens is 1. The largest absolute Gasteiger partial charge is 0.311 e. The van der Waals surface area contributed by atoms with Crippen molar-refractivity contribution in [2.45, 2.75) is 32.2 Å². The molecule has 1 saturated heterocycles. The number of anilines is 1. The second-order valence-corrected chi connectivity index (χ2v) is 5.63. The summed E-state index contributed by atoms with van der Waals surface area (Å²) in [4.78, 5) is 14.4. The third-order valence-electron chi connectivity index (χ3n) is 3.29. The molecule has 98 valence electrons. The van der Waals surface area contributed by atoms with Gasteiger partial charge in [-0.2, -0.15) is 0 Å². The number of nitrogens with one attached hydrogen (secondary N) is 1. The number of rotatable bonds is 1. The van der Waals surface area contributed by atoms with E-state index in [1.54, 1.807) is 0 Å². The van der Waals surface area contributed by atoms with E-state index in [1.165, 1.54) is 0 Å². The number of benzene rings is 1. The van der Waals surface area contributed by atoms with Gasteiger partial charge < -0.3 is 10.2 Å². The van der Waals surface area contributed by atoms with E-state index in [2.05, 4.69) is 5.32 Å². The molecule has 1 amide bonds. The maximum Gasteiger partial charge on any atom is 0.246 e. The van der Waals surface area contributed by atoms with Crippen LogP contribution in [0.15, 0.2) is 24.3 Å². The molecule has 0 aliphatic carbocycles. The van der Waals surface area contributed by atoms with Crippen LogP contribution in [0.25, 0.3) is 0 Å². The Hall–Kier alpha value is -1.06. The Bertz CT molecular complexity index is 428. The van der Waals surface area contributed by atoms with Crippen molar-refractivity contribution in [2.24, 2.45) is 0 Å². The van der Waals surface area contributed by atoms with Crippen LogP contribution in [0.4, 0.5) is 5.69 Å². The minimum Gasteiger partial charge on any atom is -0.311 e. The van der Waals surface area contributed by atoms with E-state index < -0.39 is 5.54 Å². The Morgan fingerprint density at radius 3 is 2.56 bits per heavy atom. The molecule has 3 nitrogen and oxygen atoms in total. The second kappa shape index (κ2) is 5.29. The SMILES string of the molecule is CC1(C)NCCCCN(c2ccc(Cl)cc2)C1=O. The molecule has 18 heavy (non-hydrogen) atoms. The van der Waals surface area contributed by atoms with Gasteiger partial charge in [-0.25, -0.2) is 0 Å². The third kappa shape index (κ3) is 2.85. The molecule has 1 aliphatic rings. The lowest BCUT2D eigenvalue weighted by atomic mass is 10.0. The summed E-state index contributed by atoms with van der Waals surface area (Å²) in [5.41, 5.74) is 0.404. The first kappa shape index (κ1) is 13.4. The van der Waals surface area contributed by atoms with Crippen LogP contribution < -0.4 is 10.2 Å². The summed E-state index contributed by atoms with van der Waals surface area (Å²) in [5, 5.41) is 3.99. The highest BCUT2D eigenvalue weighted by molar-refractivity contribution is 6.30. The smallest absolute Gasteiger partial charge is 0.246 e. The maximum atomic E-state index is 12.5. The van der Waals surface area contributed by atoms with Gasteiger partial charge in [0.2, 0.25) is 5.91 Å². The fourth-order valence-electron chi connectivity index (χ4n) is 2.18. The number of hydrogen-bond acceptors (Lipinski definition) is 2. The number of carbonyl (C=O) groups excluding carboxylic acids is 1. The highest BCUT2D eigenvalue weighted by atomic mass is 35.5. The Balaban J connectivity index is 2.28. The molecule has 0 saturated carbocycles. The van der Waals surface area contributed by atoms with Crippen molar-refractivity contribution in [1.82, 2.24) is 5.32 Å². The van der Waals surface area contributed by atoms with E-state index >= 15 is 0 Å². The van der Waals surface area contributed by atoms with E-state index in [-0.39, 0.29) is 5.91 Å². The van der Waals surface area contributed by atoms with E-state index in [4.69, 9.17) is 11.6 Å². The van der Waals surface area contributed by atoms with Gasteiger partial charge in [0.15, 0.2) is 0 Å². The summed E-state index contributed by atoms with van der Waals surface area (Å²) in [6, 6.07) is 7.45. The van der Waals surface area contributed by atoms with Crippen LogP contribution in [0.1, 0.15) is 26.7 Å². The van der Waals surface area contributed by atoms with Gasteiger partial charge in [-0.15, -0.1) is 0 Å². The zero-order valence-electron chi connectivity index (χ0n) is 10.9. The van der Waals surface area contributed by atoms with Crippen LogP contribution >= 0.6 is 11.6 Å². The molecule has 4 heteroatoms. The average molecular weight is 267 g/mol. The topological polar surface area (TPSA) is 32.3 Å². The van der Waals surface area contributed by atoms with Crippen molar-refractivity contribution in [1.29, 1.82) is 0 Å². The predicted octanol–water partition coefficient (Wildman–Crippen LogP) is 2.84. The highest BCUT2D eigenvalue weighted by Gasteiger charge is 2.33. The minimum atomic E-state index is -0.514. The zero-order chi connectivity index (χ0) is 13.2. The monoisotopic (exact) mass is 266 g/mol. The Morgan fingerprint density at radius 1 is 1.22 bits per heavy atom. The molecule has 2 rings (SSSR count). The van der Waals surface area contributed by atoms with Crippen molar-refractivity contribution < 1.29 is 4.79 Å². The first-order chi connectivity index (χ1) is 8.50. The van der Waals surface area contributed by atoms with E-state index in [0.717, 1.165) is 31.6 Å². The van der Waals surface area contributed by atoms with Crippen LogP contribution in [-0.2, 0) is 4.79 Å². The molecular weight excluding hydrogens is 248 g/mol. The molecular formula is C14H19ClN2O. The van der Waals surface area contributed by atoms with Gasteiger partial charge in [-0.1, -0.05) is 11.6 Å². The Labute approximate surface area is 113 Å². The average Bonchev–Trinajstić information content (AvgIpc) is 2.33. The molecule has 1 aromatic rings. The van der Waals surface area contributed by atoms with Crippen molar-refractivity contribution in [3.63, 3.8) is 0 Å². The van der Waals surface area contributed by atoms with Crippen molar-refractivity contribution >= 4 is 23.2 Å². The molecule has 0 atom stereocenters. The normalized spacial score (nSPS) is 20.4. The summed E-state index contributed by atoms with van der Waals surface area (Å²) in [6.07, 6.45) is 2.10. The molecule has 0 aromatic heterocycles. The van der Waals surface area contributed by atoms with E-state index in [1.807, 2.05) is 43.0 Å². The quantitative estimate of drug-likeness (QED) is 0.848. The lowest BCUT2D eigenvalue weighted by Crippen LogP contribution is -2.56. The van der Waals surface area contributed by atoms with Gasteiger partial charge >= 0.3 is 0 Å². The summed E-state index contributed by atoms with van der Waals surface area (Å²) in [6.45, 7) is 5.53. The van der Waals surface area contributed by atoms with Crippen LogP contribution in [0.5, 0.6) is 0 Å².